The summed E-state index contributed by atoms with van der Waals surface area (Å²) in [5.41, 5.74) is 11.6. The number of rotatable bonds is 12. The smallest absolute Gasteiger partial charge is 0.323 e. The minimum atomic E-state index is -4.78. The fourth-order valence-corrected chi connectivity index (χ4v) is 5.05. The number of benzene rings is 2. The number of ether oxygens (including phenoxy) is 2. The van der Waals surface area contributed by atoms with E-state index >= 15 is 0 Å². The fraction of sp³-hybridized carbons (Fsp3) is 0.167. The van der Waals surface area contributed by atoms with Gasteiger partial charge in [0.2, 0.25) is 23.8 Å². The Morgan fingerprint density at radius 3 is 1.41 bits per heavy atom. The van der Waals surface area contributed by atoms with Gasteiger partial charge in [-0.1, -0.05) is 24.3 Å². The summed E-state index contributed by atoms with van der Waals surface area (Å²) in [4.78, 5) is 22.4. The molecule has 0 radical (unpaired) electrons. The van der Waals surface area contributed by atoms with Gasteiger partial charge in [0.1, 0.15) is 9.79 Å². The third-order valence-corrected chi connectivity index (χ3v) is 7.17. The fourth-order valence-electron chi connectivity index (χ4n) is 3.63. The highest BCUT2D eigenvalue weighted by Crippen LogP contribution is 2.28. The summed E-state index contributed by atoms with van der Waals surface area (Å²) in [6.07, 6.45) is 2.47. The maximum Gasteiger partial charge on any atom is 0.323 e. The van der Waals surface area contributed by atoms with Crippen LogP contribution in [-0.2, 0) is 20.2 Å². The number of nitrogens with two attached hydrogens (primary N) is 2. The quantitative estimate of drug-likeness (QED) is 0.0949. The Bertz CT molecular complexity index is 1800. The Morgan fingerprint density at radius 1 is 0.682 bits per heavy atom. The molecule has 0 unspecified atom stereocenters. The zero-order chi connectivity index (χ0) is 32.1. The normalized spacial score (nSPS) is 11.8. The van der Waals surface area contributed by atoms with Crippen molar-refractivity contribution in [3.63, 3.8) is 0 Å². The maximum absolute atomic E-state index is 12.2. The zero-order valence-electron chi connectivity index (χ0n) is 23.0. The van der Waals surface area contributed by atoms with E-state index in [2.05, 4.69) is 40.5 Å². The first-order chi connectivity index (χ1) is 20.7. The van der Waals surface area contributed by atoms with Crippen LogP contribution in [0.25, 0.3) is 12.2 Å². The van der Waals surface area contributed by atoms with Crippen LogP contribution >= 0.6 is 0 Å². The van der Waals surface area contributed by atoms with Crippen LogP contribution in [0.4, 0.5) is 35.2 Å². The summed E-state index contributed by atoms with van der Waals surface area (Å²) >= 11 is 0. The molecule has 2 aromatic carbocycles. The molecular weight excluding hydrogens is 620 g/mol. The van der Waals surface area contributed by atoms with Gasteiger partial charge in [-0.05, 0) is 49.2 Å². The Kier molecular flexibility index (Phi) is 9.37. The number of nitrogen functional groups attached to an aromatic ring is 2. The van der Waals surface area contributed by atoms with Gasteiger partial charge in [-0.15, -0.1) is 0 Å². The van der Waals surface area contributed by atoms with Gasteiger partial charge < -0.3 is 31.6 Å². The largest absolute Gasteiger partial charge is 0.464 e. The average molecular weight is 647 g/mol. The minimum absolute atomic E-state index is 0.0178. The summed E-state index contributed by atoms with van der Waals surface area (Å²) < 4.78 is 79.2. The number of hydrogen-bond acceptors (Lipinski definition) is 16. The van der Waals surface area contributed by atoms with Crippen molar-refractivity contribution in [3.8, 4) is 12.0 Å². The van der Waals surface area contributed by atoms with Crippen molar-refractivity contribution in [1.29, 1.82) is 0 Å². The molecule has 0 atom stereocenters. The molecule has 4 aromatic rings. The Labute approximate surface area is 251 Å². The molecule has 0 aliphatic carbocycles. The SMILES string of the molecule is CCOc1nc(N)nc(Nc2ccc(/C=C/c3ccc(Nc4nc(N)nc(OCC)n4)cc3S(=O)(=O)O)c(S(=O)(=O)O)c2)n1. The van der Waals surface area contributed by atoms with E-state index in [4.69, 9.17) is 20.9 Å². The van der Waals surface area contributed by atoms with Crippen LogP contribution in [0.3, 0.4) is 0 Å². The summed E-state index contributed by atoms with van der Waals surface area (Å²) in [6.45, 7) is 3.96. The van der Waals surface area contributed by atoms with Crippen LogP contribution in [-0.4, -0.2) is 69.1 Å². The summed E-state index contributed by atoms with van der Waals surface area (Å²) in [5, 5.41) is 5.51. The van der Waals surface area contributed by atoms with E-state index in [1.54, 1.807) is 13.8 Å². The predicted octanol–water partition coefficient (Wildman–Crippen LogP) is 2.17. The van der Waals surface area contributed by atoms with E-state index < -0.39 is 30.0 Å². The van der Waals surface area contributed by atoms with Gasteiger partial charge in [-0.2, -0.15) is 46.7 Å². The zero-order valence-corrected chi connectivity index (χ0v) is 24.7. The van der Waals surface area contributed by atoms with Crippen LogP contribution in [0.2, 0.25) is 0 Å². The lowest BCUT2D eigenvalue weighted by atomic mass is 10.1. The lowest BCUT2D eigenvalue weighted by Crippen LogP contribution is -2.08. The van der Waals surface area contributed by atoms with Gasteiger partial charge in [-0.25, -0.2) is 0 Å². The molecule has 4 rings (SSSR count). The molecule has 232 valence electrons. The molecule has 44 heavy (non-hydrogen) atoms. The molecule has 0 saturated heterocycles. The van der Waals surface area contributed by atoms with Gasteiger partial charge in [0.15, 0.2) is 0 Å². The van der Waals surface area contributed by atoms with E-state index in [0.717, 1.165) is 12.1 Å². The first kappa shape index (κ1) is 31.7. The molecule has 2 heterocycles. The van der Waals surface area contributed by atoms with Gasteiger partial charge >= 0.3 is 12.0 Å². The third kappa shape index (κ3) is 8.22. The predicted molar refractivity (Wildman–Crippen MR) is 159 cm³/mol. The molecule has 0 saturated carbocycles. The highest BCUT2D eigenvalue weighted by atomic mass is 32.2. The molecule has 20 heteroatoms. The lowest BCUT2D eigenvalue weighted by Gasteiger charge is -2.11. The van der Waals surface area contributed by atoms with Crippen molar-refractivity contribution in [3.05, 3.63) is 47.5 Å². The van der Waals surface area contributed by atoms with Gasteiger partial charge in [0.05, 0.1) is 13.2 Å². The van der Waals surface area contributed by atoms with Crippen molar-refractivity contribution < 1.29 is 35.4 Å². The number of nitrogens with one attached hydrogen (secondary N) is 2. The maximum atomic E-state index is 12.2. The van der Waals surface area contributed by atoms with Crippen LogP contribution in [0.1, 0.15) is 25.0 Å². The van der Waals surface area contributed by atoms with Gasteiger partial charge in [0, 0.05) is 11.4 Å². The van der Waals surface area contributed by atoms with Crippen LogP contribution in [0, 0.1) is 0 Å². The molecule has 0 aliphatic rings. The van der Waals surface area contributed by atoms with E-state index in [-0.39, 0.29) is 71.5 Å². The third-order valence-electron chi connectivity index (χ3n) is 5.35. The summed E-state index contributed by atoms with van der Waals surface area (Å²) in [7, 11) is -9.56. The van der Waals surface area contributed by atoms with Crippen molar-refractivity contribution >= 4 is 67.6 Å². The monoisotopic (exact) mass is 646 g/mol. The van der Waals surface area contributed by atoms with Crippen molar-refractivity contribution in [2.24, 2.45) is 0 Å². The Hall–Kier alpha value is -5.18. The highest BCUT2D eigenvalue weighted by Gasteiger charge is 2.19. The number of aromatic nitrogens is 6. The second-order valence-corrected chi connectivity index (χ2v) is 11.3. The van der Waals surface area contributed by atoms with Crippen LogP contribution in [0.15, 0.2) is 46.2 Å². The van der Waals surface area contributed by atoms with Gasteiger partial charge in [0.25, 0.3) is 20.2 Å². The van der Waals surface area contributed by atoms with E-state index in [0.29, 0.717) is 0 Å². The van der Waals surface area contributed by atoms with E-state index in [1.807, 2.05) is 0 Å². The second kappa shape index (κ2) is 13.0. The number of nitrogens with zero attached hydrogens (tertiary/aromatic N) is 6. The molecule has 8 N–H and O–H groups in total. The summed E-state index contributed by atoms with van der Waals surface area (Å²) in [6, 6.07) is 7.65. The second-order valence-electron chi connectivity index (χ2n) is 8.50. The summed E-state index contributed by atoms with van der Waals surface area (Å²) in [5.74, 6) is -0.398. The van der Waals surface area contributed by atoms with E-state index in [1.165, 1.54) is 36.4 Å². The van der Waals surface area contributed by atoms with Crippen molar-refractivity contribution in [2.45, 2.75) is 23.6 Å². The molecule has 0 aliphatic heterocycles. The molecule has 18 nitrogen and oxygen atoms in total. The first-order valence-corrected chi connectivity index (χ1v) is 15.4. The lowest BCUT2D eigenvalue weighted by molar-refractivity contribution is 0.312. The number of hydrogen-bond donors (Lipinski definition) is 6. The minimum Gasteiger partial charge on any atom is -0.464 e. The van der Waals surface area contributed by atoms with Crippen LogP contribution in [0.5, 0.6) is 12.0 Å². The Balaban J connectivity index is 1.66. The van der Waals surface area contributed by atoms with Crippen LogP contribution < -0.4 is 31.6 Å². The standard InChI is InChI=1S/C24H26N10O8S2/c1-3-41-23-31-19(25)29-21(33-23)27-15-9-7-13(17(11-15)43(35,36)37)5-6-14-8-10-16(12-18(14)44(38,39)40)28-22-30-20(26)32-24(34-22)42-4-2/h5-12H,3-4H2,1-2H3,(H,35,36,37)(H,38,39,40)(H3,25,27,29,31,33)(H3,26,28,30,32,34)/b6-5+. The molecular formula is C24H26N10O8S2. The van der Waals surface area contributed by atoms with Gasteiger partial charge in [-0.3, -0.25) is 9.11 Å². The highest BCUT2D eigenvalue weighted by molar-refractivity contribution is 7.86. The van der Waals surface area contributed by atoms with Crippen molar-refractivity contribution in [1.82, 2.24) is 29.9 Å². The topological polar surface area (TPSA) is 281 Å². The molecule has 0 bridgehead atoms. The Morgan fingerprint density at radius 2 is 1.07 bits per heavy atom. The molecule has 0 spiro atoms. The molecule has 0 fully saturated rings. The molecule has 2 aromatic heterocycles. The number of anilines is 6. The first-order valence-electron chi connectivity index (χ1n) is 12.5. The van der Waals surface area contributed by atoms with Crippen molar-refractivity contribution in [2.75, 3.05) is 35.3 Å². The van der Waals surface area contributed by atoms with E-state index in [9.17, 15) is 25.9 Å². The molecule has 0 amide bonds. The average Bonchev–Trinajstić information content (AvgIpc) is 2.91.